The molecule has 0 aliphatic heterocycles. The Morgan fingerprint density at radius 3 is 1.96 bits per heavy atom. The molecule has 1 rings (SSSR count). The molecule has 1 aliphatic carbocycles. The number of hydrogen-bond acceptors (Lipinski definition) is 3. The molecule has 0 bridgehead atoms. The Kier molecular flexibility index (Phi) is 8.49. The Bertz CT molecular complexity index is 599. The SMILES string of the molecule is C=C/C=C(\C=C)C(=O)NCC1(/C(C=C)=C/C=C)CCC(OC)(OC)CC1. The van der Waals surface area contributed by atoms with E-state index in [0.717, 1.165) is 31.3 Å². The predicted molar refractivity (Wildman–Crippen MR) is 108 cm³/mol. The Morgan fingerprint density at radius 2 is 1.54 bits per heavy atom. The third-order valence-electron chi connectivity index (χ3n) is 5.21. The lowest BCUT2D eigenvalue weighted by Crippen LogP contribution is -2.47. The van der Waals surface area contributed by atoms with Gasteiger partial charge < -0.3 is 14.8 Å². The van der Waals surface area contributed by atoms with Crippen molar-refractivity contribution in [1.82, 2.24) is 5.32 Å². The van der Waals surface area contributed by atoms with E-state index in [-0.39, 0.29) is 11.3 Å². The van der Waals surface area contributed by atoms with E-state index in [0.29, 0.717) is 12.1 Å². The van der Waals surface area contributed by atoms with Crippen LogP contribution in [0.25, 0.3) is 0 Å². The molecule has 0 atom stereocenters. The summed E-state index contributed by atoms with van der Waals surface area (Å²) in [7, 11) is 3.34. The molecule has 0 spiro atoms. The highest BCUT2D eigenvalue weighted by Crippen LogP contribution is 2.47. The van der Waals surface area contributed by atoms with Crippen LogP contribution in [0.4, 0.5) is 0 Å². The first-order valence-electron chi connectivity index (χ1n) is 8.75. The predicted octanol–water partition coefficient (Wildman–Crippen LogP) is 4.25. The number of carbonyl (C=O) groups is 1. The molecule has 0 radical (unpaired) electrons. The molecule has 1 N–H and O–H groups in total. The topological polar surface area (TPSA) is 47.6 Å². The number of nitrogens with one attached hydrogen (secondary N) is 1. The fourth-order valence-electron chi connectivity index (χ4n) is 3.47. The fourth-order valence-corrected chi connectivity index (χ4v) is 3.47. The van der Waals surface area contributed by atoms with E-state index in [1.807, 2.05) is 12.2 Å². The fraction of sp³-hybridized carbons (Fsp3) is 0.409. The van der Waals surface area contributed by atoms with Gasteiger partial charge in [0.2, 0.25) is 0 Å². The van der Waals surface area contributed by atoms with Gasteiger partial charge >= 0.3 is 0 Å². The van der Waals surface area contributed by atoms with Crippen LogP contribution >= 0.6 is 0 Å². The van der Waals surface area contributed by atoms with Gasteiger partial charge in [0, 0.05) is 44.6 Å². The first-order chi connectivity index (χ1) is 12.5. The van der Waals surface area contributed by atoms with Gasteiger partial charge in [-0.25, -0.2) is 0 Å². The molecule has 26 heavy (non-hydrogen) atoms. The summed E-state index contributed by atoms with van der Waals surface area (Å²) in [6.45, 7) is 15.6. The first kappa shape index (κ1) is 21.9. The smallest absolute Gasteiger partial charge is 0.251 e. The van der Waals surface area contributed by atoms with Crippen LogP contribution in [0.15, 0.2) is 73.9 Å². The lowest BCUT2D eigenvalue weighted by atomic mass is 9.67. The van der Waals surface area contributed by atoms with Crippen LogP contribution in [0.3, 0.4) is 0 Å². The van der Waals surface area contributed by atoms with Crippen LogP contribution in [0.2, 0.25) is 0 Å². The van der Waals surface area contributed by atoms with E-state index in [1.54, 1.807) is 32.4 Å². The average Bonchev–Trinajstić information content (AvgIpc) is 2.69. The number of allylic oxidation sites excluding steroid dienone is 5. The normalized spacial score (nSPS) is 19.3. The van der Waals surface area contributed by atoms with Crippen molar-refractivity contribution in [2.24, 2.45) is 5.41 Å². The van der Waals surface area contributed by atoms with Gasteiger partial charge in [-0.2, -0.15) is 0 Å². The lowest BCUT2D eigenvalue weighted by molar-refractivity contribution is -0.231. The monoisotopic (exact) mass is 357 g/mol. The van der Waals surface area contributed by atoms with E-state index in [9.17, 15) is 4.79 Å². The van der Waals surface area contributed by atoms with Gasteiger partial charge in [0.25, 0.3) is 5.91 Å². The zero-order valence-electron chi connectivity index (χ0n) is 16.1. The molecule has 0 aromatic carbocycles. The molecule has 1 aliphatic rings. The molecule has 0 aromatic heterocycles. The van der Waals surface area contributed by atoms with Crippen LogP contribution in [0.5, 0.6) is 0 Å². The van der Waals surface area contributed by atoms with Gasteiger partial charge in [0.15, 0.2) is 5.79 Å². The van der Waals surface area contributed by atoms with Crippen molar-refractivity contribution in [1.29, 1.82) is 0 Å². The van der Waals surface area contributed by atoms with Crippen molar-refractivity contribution in [3.05, 3.63) is 73.9 Å². The second-order valence-corrected chi connectivity index (χ2v) is 6.41. The summed E-state index contributed by atoms with van der Waals surface area (Å²) in [4.78, 5) is 12.4. The van der Waals surface area contributed by atoms with Crippen molar-refractivity contribution >= 4 is 5.91 Å². The number of amides is 1. The molecule has 0 unspecified atom stereocenters. The zero-order chi connectivity index (χ0) is 19.6. The second kappa shape index (κ2) is 10.1. The summed E-state index contributed by atoms with van der Waals surface area (Å²) in [5.74, 6) is -0.736. The minimum atomic E-state index is -0.566. The number of hydrogen-bond donors (Lipinski definition) is 1. The third kappa shape index (κ3) is 4.93. The maximum Gasteiger partial charge on any atom is 0.251 e. The van der Waals surface area contributed by atoms with Gasteiger partial charge in [-0.1, -0.05) is 62.8 Å². The minimum Gasteiger partial charge on any atom is -0.353 e. The van der Waals surface area contributed by atoms with E-state index < -0.39 is 5.79 Å². The van der Waals surface area contributed by atoms with Crippen molar-refractivity contribution in [3.63, 3.8) is 0 Å². The molecule has 4 heteroatoms. The van der Waals surface area contributed by atoms with Crippen molar-refractivity contribution in [2.45, 2.75) is 31.5 Å². The summed E-state index contributed by atoms with van der Waals surface area (Å²) in [5, 5.41) is 3.03. The van der Waals surface area contributed by atoms with Crippen LogP contribution in [-0.4, -0.2) is 32.5 Å². The van der Waals surface area contributed by atoms with E-state index in [2.05, 4.69) is 31.6 Å². The average molecular weight is 357 g/mol. The lowest BCUT2D eigenvalue weighted by Gasteiger charge is -2.45. The van der Waals surface area contributed by atoms with Gasteiger partial charge in [0.1, 0.15) is 0 Å². The maximum absolute atomic E-state index is 12.4. The van der Waals surface area contributed by atoms with Gasteiger partial charge in [-0.3, -0.25) is 4.79 Å². The molecular weight excluding hydrogens is 326 g/mol. The van der Waals surface area contributed by atoms with E-state index in [4.69, 9.17) is 9.47 Å². The standard InChI is InChI=1S/C22H31NO3/c1-7-11-18(9-3)20(24)23-17-21(19(10-4)12-8-2)13-15-22(25-5,26-6)16-14-21/h7-12H,1-4,13-17H2,5-6H3,(H,23,24)/b18-11+,19-12+. The van der Waals surface area contributed by atoms with Crippen LogP contribution < -0.4 is 5.32 Å². The van der Waals surface area contributed by atoms with Crippen LogP contribution in [0, 0.1) is 5.41 Å². The van der Waals surface area contributed by atoms with Gasteiger partial charge in [0.05, 0.1) is 0 Å². The molecule has 1 fully saturated rings. The number of carbonyl (C=O) groups excluding carboxylic acids is 1. The summed E-state index contributed by atoms with van der Waals surface area (Å²) in [6, 6.07) is 0. The highest BCUT2D eigenvalue weighted by molar-refractivity contribution is 5.96. The first-order valence-corrected chi connectivity index (χ1v) is 8.75. The summed E-state index contributed by atoms with van der Waals surface area (Å²) in [6.07, 6.45) is 13.4. The Hall–Kier alpha value is -2.17. The third-order valence-corrected chi connectivity index (χ3v) is 5.21. The summed E-state index contributed by atoms with van der Waals surface area (Å²) in [5.41, 5.74) is 1.30. The molecule has 0 heterocycles. The minimum absolute atomic E-state index is 0.170. The van der Waals surface area contributed by atoms with Gasteiger partial charge in [-0.15, -0.1) is 0 Å². The highest BCUT2D eigenvalue weighted by Gasteiger charge is 2.44. The molecule has 0 saturated heterocycles. The number of methoxy groups -OCH3 is 2. The Labute approximate surface area is 157 Å². The van der Waals surface area contributed by atoms with Gasteiger partial charge in [-0.05, 0) is 18.4 Å². The molecular formula is C22H31NO3. The molecule has 1 saturated carbocycles. The molecule has 4 nitrogen and oxygen atoms in total. The van der Waals surface area contributed by atoms with Crippen molar-refractivity contribution in [3.8, 4) is 0 Å². The Morgan fingerprint density at radius 1 is 0.962 bits per heavy atom. The summed E-state index contributed by atoms with van der Waals surface area (Å²) >= 11 is 0. The van der Waals surface area contributed by atoms with E-state index >= 15 is 0 Å². The zero-order valence-corrected chi connectivity index (χ0v) is 16.1. The molecule has 0 aromatic rings. The quantitative estimate of drug-likeness (QED) is 0.361. The molecule has 1 amide bonds. The number of ether oxygens (including phenoxy) is 2. The van der Waals surface area contributed by atoms with Crippen molar-refractivity contribution in [2.75, 3.05) is 20.8 Å². The highest BCUT2D eigenvalue weighted by atomic mass is 16.7. The summed E-state index contributed by atoms with van der Waals surface area (Å²) < 4.78 is 11.2. The van der Waals surface area contributed by atoms with Crippen LogP contribution in [0.1, 0.15) is 25.7 Å². The molecule has 142 valence electrons. The Balaban J connectivity index is 3.07. The maximum atomic E-state index is 12.4. The van der Waals surface area contributed by atoms with E-state index in [1.165, 1.54) is 6.08 Å². The second-order valence-electron chi connectivity index (χ2n) is 6.41. The van der Waals surface area contributed by atoms with Crippen LogP contribution in [-0.2, 0) is 14.3 Å². The van der Waals surface area contributed by atoms with Crippen molar-refractivity contribution < 1.29 is 14.3 Å². The number of rotatable bonds is 10. The largest absolute Gasteiger partial charge is 0.353 e.